The number of rotatable bonds is 4. The van der Waals surface area contributed by atoms with Crippen LogP contribution in [-0.2, 0) is 5.41 Å². The van der Waals surface area contributed by atoms with E-state index in [1.165, 1.54) is 55.6 Å². The van der Waals surface area contributed by atoms with E-state index in [-0.39, 0.29) is 0 Å². The highest BCUT2D eigenvalue weighted by Crippen LogP contribution is 2.64. The predicted octanol–water partition coefficient (Wildman–Crippen LogP) is 13.2. The van der Waals surface area contributed by atoms with Crippen LogP contribution >= 0.6 is 0 Å². The molecule has 0 atom stereocenters. The Morgan fingerprint density at radius 3 is 1.42 bits per heavy atom. The third-order valence-electron chi connectivity index (χ3n) is 12.2. The number of fused-ring (bicyclic) bond motifs is 12. The van der Waals surface area contributed by atoms with Crippen LogP contribution in [0.3, 0.4) is 0 Å². The normalized spacial score (nSPS) is 13.1. The zero-order valence-corrected chi connectivity index (χ0v) is 30.9. The van der Waals surface area contributed by atoms with Gasteiger partial charge >= 0.3 is 0 Å². The van der Waals surface area contributed by atoms with Crippen LogP contribution < -0.4 is 0 Å². The molecule has 264 valence electrons. The number of nitrogens with zero attached hydrogens (tertiary/aromatic N) is 3. The van der Waals surface area contributed by atoms with E-state index in [0.717, 1.165) is 38.2 Å². The molecule has 2 aliphatic rings. The third kappa shape index (κ3) is 4.51. The second-order valence-electron chi connectivity index (χ2n) is 15.0. The van der Waals surface area contributed by atoms with Crippen molar-refractivity contribution < 1.29 is 0 Å². The smallest absolute Gasteiger partial charge is 0.164 e. The molecule has 57 heavy (non-hydrogen) atoms. The quantitative estimate of drug-likeness (QED) is 0.181. The Morgan fingerprint density at radius 2 is 0.702 bits per heavy atom. The highest BCUT2D eigenvalue weighted by atomic mass is 15.0. The van der Waals surface area contributed by atoms with Gasteiger partial charge in [0.25, 0.3) is 0 Å². The molecule has 3 heteroatoms. The summed E-state index contributed by atoms with van der Waals surface area (Å²) < 4.78 is 0. The van der Waals surface area contributed by atoms with Crippen LogP contribution in [0.4, 0.5) is 0 Å². The Morgan fingerprint density at radius 1 is 0.263 bits per heavy atom. The SMILES string of the molecule is c1ccc(-c2nc(-c3cccc4ccccc34)nc(-c3ccc(-c4cccc5c4-c4ccccc4C54c5ccccc5-c5ccccc54)c4ccccc34)n2)cc1. The van der Waals surface area contributed by atoms with Crippen molar-refractivity contribution in [1.29, 1.82) is 0 Å². The van der Waals surface area contributed by atoms with Gasteiger partial charge in [-0.3, -0.25) is 0 Å². The van der Waals surface area contributed by atoms with E-state index in [9.17, 15) is 0 Å². The molecule has 1 heterocycles. The molecule has 0 unspecified atom stereocenters. The van der Waals surface area contributed by atoms with Crippen molar-refractivity contribution in [3.05, 3.63) is 222 Å². The van der Waals surface area contributed by atoms with E-state index in [0.29, 0.717) is 17.5 Å². The van der Waals surface area contributed by atoms with E-state index in [1.54, 1.807) is 0 Å². The number of benzene rings is 9. The van der Waals surface area contributed by atoms with Gasteiger partial charge in [0.2, 0.25) is 0 Å². The Hall–Kier alpha value is -7.49. The summed E-state index contributed by atoms with van der Waals surface area (Å²) in [7, 11) is 0. The van der Waals surface area contributed by atoms with E-state index in [4.69, 9.17) is 15.0 Å². The Labute approximate surface area is 330 Å². The van der Waals surface area contributed by atoms with Crippen LogP contribution in [0, 0.1) is 0 Å². The summed E-state index contributed by atoms with van der Waals surface area (Å²) in [5, 5.41) is 4.51. The molecule has 0 fully saturated rings. The fraction of sp³-hybridized carbons (Fsp3) is 0.0185. The molecule has 12 rings (SSSR count). The van der Waals surface area contributed by atoms with Gasteiger partial charge in [-0.15, -0.1) is 0 Å². The monoisotopic (exact) mass is 723 g/mol. The fourth-order valence-corrected chi connectivity index (χ4v) is 9.85. The van der Waals surface area contributed by atoms with E-state index < -0.39 is 5.41 Å². The standard InChI is InChI=1S/C54H33N3/c1-2-17-35(18-3-1)51-55-52(43-27-14-19-34-16-4-5-20-36(34)43)57-53(56-51)44-33-32-39(37-21-6-7-22-38(37)44)42-26-15-31-49-50(42)45-25-10-13-30-48(45)54(49)46-28-11-8-23-40(46)41-24-9-12-29-47(41)54/h1-33H. The van der Waals surface area contributed by atoms with Gasteiger partial charge < -0.3 is 0 Å². The first-order chi connectivity index (χ1) is 28.3. The van der Waals surface area contributed by atoms with Crippen molar-refractivity contribution in [2.45, 2.75) is 5.41 Å². The molecule has 2 aliphatic carbocycles. The molecule has 10 aromatic rings. The average Bonchev–Trinajstić information content (AvgIpc) is 3.76. The summed E-state index contributed by atoms with van der Waals surface area (Å²) in [6, 6.07) is 72.1. The van der Waals surface area contributed by atoms with Crippen molar-refractivity contribution in [2.75, 3.05) is 0 Å². The first-order valence-corrected chi connectivity index (χ1v) is 19.5. The zero-order valence-electron chi connectivity index (χ0n) is 30.9. The highest BCUT2D eigenvalue weighted by Gasteiger charge is 2.52. The lowest BCUT2D eigenvalue weighted by Gasteiger charge is -2.30. The topological polar surface area (TPSA) is 38.7 Å². The van der Waals surface area contributed by atoms with Crippen LogP contribution in [-0.4, -0.2) is 15.0 Å². The van der Waals surface area contributed by atoms with E-state index >= 15 is 0 Å². The first kappa shape index (κ1) is 31.8. The third-order valence-corrected chi connectivity index (χ3v) is 12.2. The van der Waals surface area contributed by atoms with Gasteiger partial charge in [-0.1, -0.05) is 194 Å². The number of aromatic nitrogens is 3. The summed E-state index contributed by atoms with van der Waals surface area (Å²) in [5.74, 6) is 1.96. The molecule has 1 aromatic heterocycles. The molecular weight excluding hydrogens is 691 g/mol. The fourth-order valence-electron chi connectivity index (χ4n) is 9.85. The summed E-state index contributed by atoms with van der Waals surface area (Å²) in [6.45, 7) is 0. The van der Waals surface area contributed by atoms with Gasteiger partial charge in [-0.25, -0.2) is 15.0 Å². The second kappa shape index (κ2) is 12.3. The van der Waals surface area contributed by atoms with Gasteiger partial charge in [0, 0.05) is 16.7 Å². The lowest BCUT2D eigenvalue weighted by atomic mass is 9.70. The highest BCUT2D eigenvalue weighted by molar-refractivity contribution is 6.09. The minimum Gasteiger partial charge on any atom is -0.208 e. The first-order valence-electron chi connectivity index (χ1n) is 19.5. The van der Waals surface area contributed by atoms with Crippen molar-refractivity contribution >= 4 is 21.5 Å². The van der Waals surface area contributed by atoms with E-state index in [1.807, 2.05) is 18.2 Å². The average molecular weight is 724 g/mol. The number of hydrogen-bond acceptors (Lipinski definition) is 3. The summed E-state index contributed by atoms with van der Waals surface area (Å²) in [5.41, 5.74) is 15.5. The summed E-state index contributed by atoms with van der Waals surface area (Å²) in [4.78, 5) is 15.5. The Bertz CT molecular complexity index is 3200. The lowest BCUT2D eigenvalue weighted by Crippen LogP contribution is -2.25. The maximum Gasteiger partial charge on any atom is 0.164 e. The van der Waals surface area contributed by atoms with Crippen molar-refractivity contribution in [1.82, 2.24) is 15.0 Å². The molecule has 0 bridgehead atoms. The maximum absolute atomic E-state index is 5.26. The Balaban J connectivity index is 1.10. The molecule has 0 amide bonds. The lowest BCUT2D eigenvalue weighted by molar-refractivity contribution is 0.794. The predicted molar refractivity (Wildman–Crippen MR) is 233 cm³/mol. The molecule has 0 N–H and O–H groups in total. The molecule has 1 spiro atoms. The van der Waals surface area contributed by atoms with Crippen LogP contribution in [0.15, 0.2) is 200 Å². The van der Waals surface area contributed by atoms with Gasteiger partial charge in [0.1, 0.15) is 0 Å². The van der Waals surface area contributed by atoms with Gasteiger partial charge in [-0.2, -0.15) is 0 Å². The van der Waals surface area contributed by atoms with Crippen LogP contribution in [0.5, 0.6) is 0 Å². The molecule has 0 radical (unpaired) electrons. The second-order valence-corrected chi connectivity index (χ2v) is 15.0. The van der Waals surface area contributed by atoms with Crippen molar-refractivity contribution in [2.24, 2.45) is 0 Å². The molecule has 3 nitrogen and oxygen atoms in total. The van der Waals surface area contributed by atoms with Gasteiger partial charge in [-0.05, 0) is 83.2 Å². The molecular formula is C54H33N3. The van der Waals surface area contributed by atoms with Crippen molar-refractivity contribution in [3.8, 4) is 67.5 Å². The Kier molecular flexibility index (Phi) is 6.84. The van der Waals surface area contributed by atoms with E-state index in [2.05, 4.69) is 182 Å². The van der Waals surface area contributed by atoms with Crippen molar-refractivity contribution in [3.63, 3.8) is 0 Å². The molecule has 0 saturated carbocycles. The number of hydrogen-bond donors (Lipinski definition) is 0. The minimum absolute atomic E-state index is 0.401. The molecule has 0 aliphatic heterocycles. The molecule has 0 saturated heterocycles. The van der Waals surface area contributed by atoms with Crippen LogP contribution in [0.1, 0.15) is 22.3 Å². The summed E-state index contributed by atoms with van der Waals surface area (Å²) in [6.07, 6.45) is 0. The van der Waals surface area contributed by atoms with Gasteiger partial charge in [0.15, 0.2) is 17.5 Å². The largest absolute Gasteiger partial charge is 0.208 e. The van der Waals surface area contributed by atoms with Crippen LogP contribution in [0.2, 0.25) is 0 Å². The zero-order chi connectivity index (χ0) is 37.5. The summed E-state index contributed by atoms with van der Waals surface area (Å²) >= 11 is 0. The molecule has 9 aromatic carbocycles. The minimum atomic E-state index is -0.401. The van der Waals surface area contributed by atoms with Crippen LogP contribution in [0.25, 0.3) is 89.1 Å². The van der Waals surface area contributed by atoms with Gasteiger partial charge in [0.05, 0.1) is 5.41 Å². The maximum atomic E-state index is 5.26.